The Kier molecular flexibility index (Phi) is 4.43. The fourth-order valence-corrected chi connectivity index (χ4v) is 5.30. The van der Waals surface area contributed by atoms with Crippen LogP contribution < -0.4 is 5.32 Å². The molecule has 1 aromatic rings. The number of nitrogens with zero attached hydrogens (tertiary/aromatic N) is 3. The van der Waals surface area contributed by atoms with Gasteiger partial charge in [-0.15, -0.1) is 0 Å². The van der Waals surface area contributed by atoms with Gasteiger partial charge in [0, 0.05) is 32.2 Å². The van der Waals surface area contributed by atoms with Crippen molar-refractivity contribution < 1.29 is 13.2 Å². The van der Waals surface area contributed by atoms with Crippen molar-refractivity contribution in [2.45, 2.75) is 37.6 Å². The number of aromatic amines is 1. The number of hydrogen-bond acceptors (Lipinski definition) is 5. The molecule has 0 saturated carbocycles. The van der Waals surface area contributed by atoms with Gasteiger partial charge in [0.15, 0.2) is 0 Å². The first kappa shape index (κ1) is 16.4. The number of hydrogen-bond donors (Lipinski definition) is 2. The number of sulfonamides is 1. The highest BCUT2D eigenvalue weighted by molar-refractivity contribution is 7.89. The molecule has 2 aliphatic rings. The van der Waals surface area contributed by atoms with Crippen LogP contribution in [0.5, 0.6) is 0 Å². The van der Waals surface area contributed by atoms with E-state index >= 15 is 0 Å². The Balaban J connectivity index is 1.82. The van der Waals surface area contributed by atoms with Crippen LogP contribution in [-0.2, 0) is 14.8 Å². The number of H-pyrrole nitrogens is 1. The minimum Gasteiger partial charge on any atom is -0.336 e. The highest BCUT2D eigenvalue weighted by Crippen LogP contribution is 2.26. The summed E-state index contributed by atoms with van der Waals surface area (Å²) in [7, 11) is -3.58. The molecule has 1 unspecified atom stereocenters. The molecule has 2 aliphatic heterocycles. The molecule has 2 N–H and O–H groups in total. The van der Waals surface area contributed by atoms with Gasteiger partial charge >= 0.3 is 0 Å². The Morgan fingerprint density at radius 1 is 1.26 bits per heavy atom. The van der Waals surface area contributed by atoms with Gasteiger partial charge in [-0.3, -0.25) is 9.89 Å². The maximum absolute atomic E-state index is 13.0. The zero-order valence-corrected chi connectivity index (χ0v) is 14.3. The summed E-state index contributed by atoms with van der Waals surface area (Å²) in [4.78, 5) is 14.2. The van der Waals surface area contributed by atoms with Crippen molar-refractivity contribution in [3.63, 3.8) is 0 Å². The van der Waals surface area contributed by atoms with E-state index in [1.807, 2.05) is 4.90 Å². The van der Waals surface area contributed by atoms with Crippen molar-refractivity contribution in [3.05, 3.63) is 11.4 Å². The molecule has 3 rings (SSSR count). The van der Waals surface area contributed by atoms with Gasteiger partial charge in [0.2, 0.25) is 15.9 Å². The van der Waals surface area contributed by atoms with Gasteiger partial charge in [0.05, 0.1) is 17.9 Å². The number of piperidine rings is 1. The molecule has 0 bridgehead atoms. The van der Waals surface area contributed by atoms with E-state index in [1.165, 1.54) is 4.31 Å². The van der Waals surface area contributed by atoms with Crippen molar-refractivity contribution in [2.75, 3.05) is 32.7 Å². The number of amides is 1. The SMILES string of the molecule is Cc1n[nH]c(C)c1S(=O)(=O)N1CCCC(N2CCNCC2=O)C1. The highest BCUT2D eigenvalue weighted by Gasteiger charge is 2.36. The van der Waals surface area contributed by atoms with E-state index in [-0.39, 0.29) is 16.8 Å². The van der Waals surface area contributed by atoms with E-state index < -0.39 is 10.0 Å². The molecule has 0 radical (unpaired) electrons. The molecule has 0 aliphatic carbocycles. The predicted molar refractivity (Wildman–Crippen MR) is 84.4 cm³/mol. The van der Waals surface area contributed by atoms with Crippen LogP contribution >= 0.6 is 0 Å². The summed E-state index contributed by atoms with van der Waals surface area (Å²) in [6, 6.07) is -0.0411. The lowest BCUT2D eigenvalue weighted by Crippen LogP contribution is -2.57. The predicted octanol–water partition coefficient (Wildman–Crippen LogP) is -0.389. The van der Waals surface area contributed by atoms with Crippen LogP contribution in [0.2, 0.25) is 0 Å². The Labute approximate surface area is 136 Å². The van der Waals surface area contributed by atoms with Crippen molar-refractivity contribution in [1.29, 1.82) is 0 Å². The maximum Gasteiger partial charge on any atom is 0.246 e. The maximum atomic E-state index is 13.0. The van der Waals surface area contributed by atoms with Crippen LogP contribution in [0.25, 0.3) is 0 Å². The molecule has 1 amide bonds. The first-order chi connectivity index (χ1) is 10.9. The second-order valence-corrected chi connectivity index (χ2v) is 8.06. The zero-order chi connectivity index (χ0) is 16.6. The third-order valence-corrected chi connectivity index (χ3v) is 6.71. The summed E-state index contributed by atoms with van der Waals surface area (Å²) in [5.41, 5.74) is 1.05. The minimum atomic E-state index is -3.58. The fourth-order valence-electron chi connectivity index (χ4n) is 3.45. The van der Waals surface area contributed by atoms with Crippen LogP contribution in [0.1, 0.15) is 24.2 Å². The number of carbonyl (C=O) groups is 1. The molecule has 128 valence electrons. The van der Waals surface area contributed by atoms with Gasteiger partial charge in [-0.05, 0) is 26.7 Å². The van der Waals surface area contributed by atoms with Gasteiger partial charge in [-0.2, -0.15) is 9.40 Å². The number of carbonyl (C=O) groups excluding carboxylic acids is 1. The molecule has 23 heavy (non-hydrogen) atoms. The van der Waals surface area contributed by atoms with E-state index in [4.69, 9.17) is 0 Å². The summed E-state index contributed by atoms with van der Waals surface area (Å²) >= 11 is 0. The molecular weight excluding hydrogens is 318 g/mol. The largest absolute Gasteiger partial charge is 0.336 e. The number of nitrogens with one attached hydrogen (secondary N) is 2. The standard InChI is InChI=1S/C14H23N5O3S/c1-10-14(11(2)17-16-10)23(21,22)18-6-3-4-12(9-18)19-7-5-15-8-13(19)20/h12,15H,3-9H2,1-2H3,(H,16,17). The number of aryl methyl sites for hydroxylation is 2. The Hall–Kier alpha value is -1.45. The molecule has 1 aromatic heterocycles. The fraction of sp³-hybridized carbons (Fsp3) is 0.714. The topological polar surface area (TPSA) is 98.4 Å². The Morgan fingerprint density at radius 2 is 2.04 bits per heavy atom. The first-order valence-corrected chi connectivity index (χ1v) is 9.37. The average Bonchev–Trinajstić information content (AvgIpc) is 2.87. The molecule has 9 heteroatoms. The lowest BCUT2D eigenvalue weighted by Gasteiger charge is -2.40. The van der Waals surface area contributed by atoms with E-state index in [0.717, 1.165) is 19.4 Å². The lowest BCUT2D eigenvalue weighted by atomic mass is 10.1. The number of aromatic nitrogens is 2. The Morgan fingerprint density at radius 3 is 2.70 bits per heavy atom. The molecule has 3 heterocycles. The average molecular weight is 341 g/mol. The zero-order valence-electron chi connectivity index (χ0n) is 13.5. The molecule has 2 saturated heterocycles. The van der Waals surface area contributed by atoms with Gasteiger partial charge < -0.3 is 10.2 Å². The van der Waals surface area contributed by atoms with Crippen molar-refractivity contribution in [1.82, 2.24) is 24.7 Å². The van der Waals surface area contributed by atoms with E-state index in [9.17, 15) is 13.2 Å². The molecule has 0 spiro atoms. The summed E-state index contributed by atoms with van der Waals surface area (Å²) in [5.74, 6) is 0.0520. The summed E-state index contributed by atoms with van der Waals surface area (Å²) in [6.45, 7) is 5.99. The van der Waals surface area contributed by atoms with E-state index in [0.29, 0.717) is 37.6 Å². The quantitative estimate of drug-likeness (QED) is 0.780. The Bertz CT molecular complexity index is 680. The summed E-state index contributed by atoms with van der Waals surface area (Å²) in [5, 5.41) is 9.78. The first-order valence-electron chi connectivity index (χ1n) is 7.93. The normalized spacial score (nSPS) is 24.2. The van der Waals surface area contributed by atoms with Crippen LogP contribution in [-0.4, -0.2) is 72.5 Å². The highest BCUT2D eigenvalue weighted by atomic mass is 32.2. The van der Waals surface area contributed by atoms with Crippen molar-refractivity contribution in [2.24, 2.45) is 0 Å². The van der Waals surface area contributed by atoms with Gasteiger partial charge in [0.1, 0.15) is 4.90 Å². The third kappa shape index (κ3) is 3.00. The van der Waals surface area contributed by atoms with Crippen LogP contribution in [0.4, 0.5) is 0 Å². The smallest absolute Gasteiger partial charge is 0.246 e. The van der Waals surface area contributed by atoms with Crippen molar-refractivity contribution in [3.8, 4) is 0 Å². The molecular formula is C14H23N5O3S. The van der Waals surface area contributed by atoms with Gasteiger partial charge in [-0.25, -0.2) is 8.42 Å². The summed E-state index contributed by atoms with van der Waals surface area (Å²) in [6.07, 6.45) is 1.61. The summed E-state index contributed by atoms with van der Waals surface area (Å²) < 4.78 is 27.4. The second kappa shape index (κ2) is 6.21. The monoisotopic (exact) mass is 341 g/mol. The van der Waals surface area contributed by atoms with Crippen LogP contribution in [0.15, 0.2) is 4.90 Å². The number of piperazine rings is 1. The van der Waals surface area contributed by atoms with E-state index in [1.54, 1.807) is 13.8 Å². The molecule has 8 nitrogen and oxygen atoms in total. The molecule has 2 fully saturated rings. The van der Waals surface area contributed by atoms with Gasteiger partial charge in [-0.1, -0.05) is 0 Å². The second-order valence-electron chi connectivity index (χ2n) is 6.19. The minimum absolute atomic E-state index is 0.0411. The van der Waals surface area contributed by atoms with E-state index in [2.05, 4.69) is 15.5 Å². The lowest BCUT2D eigenvalue weighted by molar-refractivity contribution is -0.135. The molecule has 0 aromatic carbocycles. The van der Waals surface area contributed by atoms with Crippen molar-refractivity contribution >= 4 is 15.9 Å². The molecule has 1 atom stereocenters. The number of rotatable bonds is 3. The van der Waals surface area contributed by atoms with Crippen LogP contribution in [0.3, 0.4) is 0 Å². The third-order valence-electron chi connectivity index (χ3n) is 4.58. The van der Waals surface area contributed by atoms with Gasteiger partial charge in [0.25, 0.3) is 0 Å². The van der Waals surface area contributed by atoms with Crippen LogP contribution in [0, 0.1) is 13.8 Å².